The predicted molar refractivity (Wildman–Crippen MR) is 111 cm³/mol. The van der Waals surface area contributed by atoms with Crippen molar-refractivity contribution >= 4 is 11.9 Å². The Labute approximate surface area is 182 Å². The van der Waals surface area contributed by atoms with E-state index in [1.165, 1.54) is 7.11 Å². The Balaban J connectivity index is 2.01. The molecule has 0 aliphatic heterocycles. The molecule has 0 aliphatic carbocycles. The third-order valence-corrected chi connectivity index (χ3v) is 4.71. The molecule has 0 unspecified atom stereocenters. The normalized spacial score (nSPS) is 11.7. The molecule has 3 aromatic rings. The number of aromatic hydroxyl groups is 1. The van der Waals surface area contributed by atoms with Crippen LogP contribution in [-0.2, 0) is 20.9 Å². The number of carbonyl (C=O) groups excluding carboxylic acids is 2. The molecule has 168 valence electrons. The lowest BCUT2D eigenvalue weighted by atomic mass is 9.98. The van der Waals surface area contributed by atoms with Gasteiger partial charge in [0.1, 0.15) is 23.9 Å². The molecule has 0 spiro atoms. The van der Waals surface area contributed by atoms with Crippen molar-refractivity contribution in [2.24, 2.45) is 0 Å². The molecule has 1 atom stereocenters. The van der Waals surface area contributed by atoms with Crippen LogP contribution in [-0.4, -0.2) is 35.9 Å². The summed E-state index contributed by atoms with van der Waals surface area (Å²) in [5, 5.41) is 19.7. The number of aliphatic hydroxyl groups is 1. The minimum atomic E-state index is -0.976. The van der Waals surface area contributed by atoms with Gasteiger partial charge in [0.25, 0.3) is 0 Å². The SMILES string of the molecule is CCOC(=O)C[C@H](c1ccc(-c2ccc(C(=O)OC)cc2)o1)c1oc(CO)cc(=O)c1O. The number of hydrogen-bond acceptors (Lipinski definition) is 9. The quantitative estimate of drug-likeness (QED) is 0.504. The maximum atomic E-state index is 12.2. The van der Waals surface area contributed by atoms with Gasteiger partial charge in [0.2, 0.25) is 11.2 Å². The van der Waals surface area contributed by atoms with E-state index in [4.69, 9.17) is 13.6 Å². The first kappa shape index (κ1) is 22.8. The molecule has 0 saturated heterocycles. The van der Waals surface area contributed by atoms with Gasteiger partial charge in [0, 0.05) is 11.6 Å². The summed E-state index contributed by atoms with van der Waals surface area (Å²) < 4.78 is 21.1. The van der Waals surface area contributed by atoms with Crippen LogP contribution in [0.3, 0.4) is 0 Å². The molecule has 3 rings (SSSR count). The number of carbonyl (C=O) groups is 2. The lowest BCUT2D eigenvalue weighted by molar-refractivity contribution is -0.143. The fourth-order valence-electron chi connectivity index (χ4n) is 3.16. The highest BCUT2D eigenvalue weighted by Crippen LogP contribution is 2.36. The highest BCUT2D eigenvalue weighted by atomic mass is 16.5. The standard InChI is InChI=1S/C23H22O9/c1-3-30-20(26)11-16(22-21(27)17(25)10-15(12-24)31-22)19-9-8-18(32-19)13-4-6-14(7-5-13)23(28)29-2/h4-10,16,24,27H,3,11-12H2,1-2H3/t16-/m1/s1. The van der Waals surface area contributed by atoms with Crippen molar-refractivity contribution in [3.63, 3.8) is 0 Å². The van der Waals surface area contributed by atoms with Crippen molar-refractivity contribution in [3.8, 4) is 17.1 Å². The Morgan fingerprint density at radius 1 is 1.09 bits per heavy atom. The van der Waals surface area contributed by atoms with E-state index in [-0.39, 0.29) is 30.3 Å². The summed E-state index contributed by atoms with van der Waals surface area (Å²) in [6, 6.07) is 10.7. The number of methoxy groups -OCH3 is 1. The zero-order valence-corrected chi connectivity index (χ0v) is 17.5. The lowest BCUT2D eigenvalue weighted by Crippen LogP contribution is -2.14. The number of benzene rings is 1. The van der Waals surface area contributed by atoms with Crippen molar-refractivity contribution in [1.82, 2.24) is 0 Å². The zero-order chi connectivity index (χ0) is 23.3. The second-order valence-corrected chi connectivity index (χ2v) is 6.78. The lowest BCUT2D eigenvalue weighted by Gasteiger charge is -2.15. The summed E-state index contributed by atoms with van der Waals surface area (Å²) in [5.41, 5.74) is 0.263. The van der Waals surface area contributed by atoms with Gasteiger partial charge in [-0.05, 0) is 31.2 Å². The van der Waals surface area contributed by atoms with E-state index < -0.39 is 35.6 Å². The molecule has 0 fully saturated rings. The van der Waals surface area contributed by atoms with E-state index in [1.54, 1.807) is 43.3 Å². The highest BCUT2D eigenvalue weighted by Gasteiger charge is 2.29. The summed E-state index contributed by atoms with van der Waals surface area (Å²) in [6.45, 7) is 1.23. The van der Waals surface area contributed by atoms with Gasteiger partial charge in [-0.3, -0.25) is 9.59 Å². The van der Waals surface area contributed by atoms with E-state index in [9.17, 15) is 24.6 Å². The van der Waals surface area contributed by atoms with Crippen molar-refractivity contribution in [1.29, 1.82) is 0 Å². The van der Waals surface area contributed by atoms with Gasteiger partial charge >= 0.3 is 11.9 Å². The third kappa shape index (κ3) is 4.89. The van der Waals surface area contributed by atoms with E-state index in [0.29, 0.717) is 16.9 Å². The Bertz CT molecular complexity index is 1150. The van der Waals surface area contributed by atoms with Gasteiger partial charge in [-0.1, -0.05) is 12.1 Å². The first-order valence-electron chi connectivity index (χ1n) is 9.78. The second-order valence-electron chi connectivity index (χ2n) is 6.78. The van der Waals surface area contributed by atoms with E-state index in [1.807, 2.05) is 0 Å². The number of esters is 2. The number of ether oxygens (including phenoxy) is 2. The molecule has 9 nitrogen and oxygen atoms in total. The Morgan fingerprint density at radius 3 is 2.44 bits per heavy atom. The molecular weight excluding hydrogens is 420 g/mol. The monoisotopic (exact) mass is 442 g/mol. The topological polar surface area (TPSA) is 136 Å². The van der Waals surface area contributed by atoms with E-state index >= 15 is 0 Å². The van der Waals surface area contributed by atoms with E-state index in [0.717, 1.165) is 6.07 Å². The highest BCUT2D eigenvalue weighted by molar-refractivity contribution is 5.89. The van der Waals surface area contributed by atoms with Crippen molar-refractivity contribution < 1.29 is 38.1 Å². The zero-order valence-electron chi connectivity index (χ0n) is 17.5. The number of furan rings is 1. The van der Waals surface area contributed by atoms with Crippen molar-refractivity contribution in [2.45, 2.75) is 25.9 Å². The van der Waals surface area contributed by atoms with Crippen LogP contribution in [0, 0.1) is 0 Å². The first-order chi connectivity index (χ1) is 15.4. The van der Waals surface area contributed by atoms with Crippen LogP contribution >= 0.6 is 0 Å². The van der Waals surface area contributed by atoms with Gasteiger partial charge in [0.15, 0.2) is 5.76 Å². The Hall–Kier alpha value is -3.85. The van der Waals surface area contributed by atoms with Crippen LogP contribution in [0.2, 0.25) is 0 Å². The van der Waals surface area contributed by atoms with Crippen molar-refractivity contribution in [2.75, 3.05) is 13.7 Å². The van der Waals surface area contributed by atoms with Crippen LogP contribution < -0.4 is 5.43 Å². The smallest absolute Gasteiger partial charge is 0.337 e. The molecule has 1 aromatic carbocycles. The van der Waals surface area contributed by atoms with Gasteiger partial charge < -0.3 is 28.5 Å². The average molecular weight is 442 g/mol. The van der Waals surface area contributed by atoms with Crippen LogP contribution in [0.4, 0.5) is 0 Å². The third-order valence-electron chi connectivity index (χ3n) is 4.71. The van der Waals surface area contributed by atoms with E-state index in [2.05, 4.69) is 4.74 Å². The molecule has 2 N–H and O–H groups in total. The minimum absolute atomic E-state index is 0.0677. The molecule has 0 saturated carbocycles. The molecule has 0 aliphatic rings. The van der Waals surface area contributed by atoms with Crippen LogP contribution in [0.1, 0.15) is 46.9 Å². The molecule has 32 heavy (non-hydrogen) atoms. The largest absolute Gasteiger partial charge is 0.502 e. The van der Waals surface area contributed by atoms with Gasteiger partial charge in [-0.2, -0.15) is 0 Å². The molecule has 9 heteroatoms. The maximum Gasteiger partial charge on any atom is 0.337 e. The summed E-state index contributed by atoms with van der Waals surface area (Å²) in [7, 11) is 1.29. The number of hydrogen-bond donors (Lipinski definition) is 2. The molecule has 0 amide bonds. The number of aliphatic hydroxyl groups excluding tert-OH is 1. The Morgan fingerprint density at radius 2 is 1.81 bits per heavy atom. The fourth-order valence-corrected chi connectivity index (χ4v) is 3.16. The predicted octanol–water partition coefficient (Wildman–Crippen LogP) is 2.97. The summed E-state index contributed by atoms with van der Waals surface area (Å²) >= 11 is 0. The first-order valence-corrected chi connectivity index (χ1v) is 9.78. The van der Waals surface area contributed by atoms with Gasteiger partial charge in [-0.15, -0.1) is 0 Å². The van der Waals surface area contributed by atoms with Crippen LogP contribution in [0.5, 0.6) is 5.75 Å². The minimum Gasteiger partial charge on any atom is -0.502 e. The molecule has 0 bridgehead atoms. The van der Waals surface area contributed by atoms with Gasteiger partial charge in [0.05, 0.1) is 31.6 Å². The molecule has 2 heterocycles. The summed E-state index contributed by atoms with van der Waals surface area (Å²) in [4.78, 5) is 35.9. The van der Waals surface area contributed by atoms with Crippen LogP contribution in [0.15, 0.2) is 56.1 Å². The maximum absolute atomic E-state index is 12.2. The fraction of sp³-hybridized carbons (Fsp3) is 0.261. The summed E-state index contributed by atoms with van der Waals surface area (Å²) in [5.74, 6) is -2.34. The van der Waals surface area contributed by atoms with Crippen LogP contribution in [0.25, 0.3) is 11.3 Å². The van der Waals surface area contributed by atoms with Gasteiger partial charge in [-0.25, -0.2) is 4.79 Å². The molecule has 0 radical (unpaired) electrons. The summed E-state index contributed by atoms with van der Waals surface area (Å²) in [6.07, 6.45) is -0.270. The van der Waals surface area contributed by atoms with Crippen molar-refractivity contribution in [3.05, 3.63) is 75.5 Å². The molecular formula is C23H22O9. The molecule has 2 aromatic heterocycles. The second kappa shape index (κ2) is 9.97. The average Bonchev–Trinajstić information content (AvgIpc) is 3.29. The number of rotatable bonds is 8. The Kier molecular flexibility index (Phi) is 7.11.